The summed E-state index contributed by atoms with van der Waals surface area (Å²) in [5.41, 5.74) is 0.226. The third-order valence-electron chi connectivity index (χ3n) is 3.00. The van der Waals surface area contributed by atoms with Gasteiger partial charge in [0.05, 0.1) is 6.10 Å². The van der Waals surface area contributed by atoms with Gasteiger partial charge in [0, 0.05) is 31.7 Å². The van der Waals surface area contributed by atoms with Gasteiger partial charge in [-0.25, -0.2) is 4.79 Å². The van der Waals surface area contributed by atoms with Crippen LogP contribution in [0, 0.1) is 0 Å². The van der Waals surface area contributed by atoms with Crippen LogP contribution in [0.25, 0.3) is 0 Å². The van der Waals surface area contributed by atoms with Crippen molar-refractivity contribution in [2.75, 3.05) is 19.6 Å². The number of para-hydroxylation sites is 1. The van der Waals surface area contributed by atoms with Crippen molar-refractivity contribution in [3.05, 3.63) is 29.8 Å². The Bertz CT molecular complexity index is 498. The number of aromatic hydroxyl groups is 1. The molecule has 0 radical (unpaired) electrons. The normalized spacial score (nSPS) is 12.7. The number of benzene rings is 1. The van der Waals surface area contributed by atoms with Crippen molar-refractivity contribution in [2.24, 2.45) is 0 Å². The van der Waals surface area contributed by atoms with Gasteiger partial charge < -0.3 is 25.2 Å². The molecule has 0 aliphatic carbocycles. The maximum absolute atomic E-state index is 12.1. The van der Waals surface area contributed by atoms with Gasteiger partial charge in [0.2, 0.25) is 0 Å². The number of carbonyl (C=O) groups is 1. The number of nitrogens with one attached hydrogen (secondary N) is 1. The molecular weight excluding hydrogens is 296 g/mol. The smallest absolute Gasteiger partial charge is 0.410 e. The van der Waals surface area contributed by atoms with Crippen LogP contribution in [0.4, 0.5) is 4.79 Å². The molecule has 0 heterocycles. The standard InChI is InChI=1S/C17H28N2O4/c1-13(20)12-19(16(22)23-17(2,3)4)10-9-18-11-14-7-5-6-8-15(14)21/h5-8,13,18,20-21H,9-12H2,1-4H3. The van der Waals surface area contributed by atoms with E-state index in [9.17, 15) is 15.0 Å². The van der Waals surface area contributed by atoms with Crippen molar-refractivity contribution >= 4 is 6.09 Å². The first kappa shape index (κ1) is 19.3. The summed E-state index contributed by atoms with van der Waals surface area (Å²) in [5, 5.41) is 22.4. The van der Waals surface area contributed by atoms with Crippen molar-refractivity contribution in [1.29, 1.82) is 0 Å². The third-order valence-corrected chi connectivity index (χ3v) is 3.00. The van der Waals surface area contributed by atoms with E-state index >= 15 is 0 Å². The predicted molar refractivity (Wildman–Crippen MR) is 89.3 cm³/mol. The molecule has 1 rings (SSSR count). The first-order valence-electron chi connectivity index (χ1n) is 7.82. The molecule has 1 aromatic carbocycles. The third kappa shape index (κ3) is 7.85. The minimum atomic E-state index is -0.624. The van der Waals surface area contributed by atoms with Crippen LogP contribution in [0.5, 0.6) is 5.75 Å². The minimum Gasteiger partial charge on any atom is -0.508 e. The summed E-state index contributed by atoms with van der Waals surface area (Å²) in [6.07, 6.45) is -1.07. The number of hydrogen-bond donors (Lipinski definition) is 3. The molecule has 6 nitrogen and oxygen atoms in total. The molecule has 6 heteroatoms. The Morgan fingerprint density at radius 3 is 2.57 bits per heavy atom. The molecule has 0 saturated carbocycles. The first-order chi connectivity index (χ1) is 10.7. The van der Waals surface area contributed by atoms with Gasteiger partial charge in [-0.15, -0.1) is 0 Å². The Labute approximate surface area is 138 Å². The highest BCUT2D eigenvalue weighted by Crippen LogP contribution is 2.14. The molecular formula is C17H28N2O4. The molecule has 130 valence electrons. The van der Waals surface area contributed by atoms with E-state index in [1.165, 1.54) is 4.90 Å². The fraction of sp³-hybridized carbons (Fsp3) is 0.588. The Morgan fingerprint density at radius 1 is 1.35 bits per heavy atom. The lowest BCUT2D eigenvalue weighted by molar-refractivity contribution is 0.0164. The largest absolute Gasteiger partial charge is 0.508 e. The quantitative estimate of drug-likeness (QED) is 0.669. The van der Waals surface area contributed by atoms with Crippen molar-refractivity contribution in [3.63, 3.8) is 0 Å². The fourth-order valence-electron chi connectivity index (χ4n) is 2.00. The average Bonchev–Trinajstić information content (AvgIpc) is 2.41. The lowest BCUT2D eigenvalue weighted by atomic mass is 10.2. The Kier molecular flexibility index (Phi) is 7.32. The first-order valence-corrected chi connectivity index (χ1v) is 7.82. The zero-order chi connectivity index (χ0) is 17.5. The highest BCUT2D eigenvalue weighted by Gasteiger charge is 2.22. The van der Waals surface area contributed by atoms with Gasteiger partial charge >= 0.3 is 6.09 Å². The monoisotopic (exact) mass is 324 g/mol. The molecule has 1 aromatic rings. The number of rotatable bonds is 7. The van der Waals surface area contributed by atoms with Crippen molar-refractivity contribution in [3.8, 4) is 5.75 Å². The lowest BCUT2D eigenvalue weighted by Crippen LogP contribution is -2.43. The van der Waals surface area contributed by atoms with E-state index in [-0.39, 0.29) is 12.3 Å². The van der Waals surface area contributed by atoms with Gasteiger partial charge in [0.25, 0.3) is 0 Å². The Hall–Kier alpha value is -1.79. The van der Waals surface area contributed by atoms with Crippen LogP contribution in [0.15, 0.2) is 24.3 Å². The van der Waals surface area contributed by atoms with E-state index in [2.05, 4.69) is 5.32 Å². The van der Waals surface area contributed by atoms with Gasteiger partial charge in [-0.2, -0.15) is 0 Å². The van der Waals surface area contributed by atoms with Crippen molar-refractivity contribution in [2.45, 2.75) is 45.9 Å². The highest BCUT2D eigenvalue weighted by molar-refractivity contribution is 5.68. The summed E-state index contributed by atoms with van der Waals surface area (Å²) in [5.74, 6) is 0.243. The number of ether oxygens (including phenoxy) is 1. The molecule has 1 amide bonds. The molecule has 0 fully saturated rings. The summed E-state index contributed by atoms with van der Waals surface area (Å²) in [4.78, 5) is 13.6. The Balaban J connectivity index is 2.48. The molecule has 0 spiro atoms. The van der Waals surface area contributed by atoms with Crippen LogP contribution in [0.2, 0.25) is 0 Å². The second kappa shape index (κ2) is 8.74. The van der Waals surface area contributed by atoms with Crippen LogP contribution in [0.3, 0.4) is 0 Å². The number of phenols is 1. The van der Waals surface area contributed by atoms with E-state index in [1.54, 1.807) is 19.1 Å². The lowest BCUT2D eigenvalue weighted by Gasteiger charge is -2.28. The Morgan fingerprint density at radius 2 is 2.00 bits per heavy atom. The zero-order valence-corrected chi connectivity index (χ0v) is 14.4. The van der Waals surface area contributed by atoms with Gasteiger partial charge in [0.15, 0.2) is 0 Å². The number of nitrogens with zero attached hydrogens (tertiary/aromatic N) is 1. The van der Waals surface area contributed by atoms with Crippen molar-refractivity contribution in [1.82, 2.24) is 10.2 Å². The van der Waals surface area contributed by atoms with E-state index in [1.807, 2.05) is 32.9 Å². The predicted octanol–water partition coefficient (Wildman–Crippen LogP) is 2.10. The van der Waals surface area contributed by atoms with Gasteiger partial charge in [-0.05, 0) is 33.8 Å². The molecule has 0 aromatic heterocycles. The number of hydrogen-bond acceptors (Lipinski definition) is 5. The maximum atomic E-state index is 12.1. The fourth-order valence-corrected chi connectivity index (χ4v) is 2.00. The average molecular weight is 324 g/mol. The van der Waals surface area contributed by atoms with Crippen LogP contribution in [0.1, 0.15) is 33.3 Å². The molecule has 0 saturated heterocycles. The van der Waals surface area contributed by atoms with E-state index in [0.29, 0.717) is 19.6 Å². The second-order valence-electron chi connectivity index (χ2n) is 6.58. The molecule has 3 N–H and O–H groups in total. The maximum Gasteiger partial charge on any atom is 0.410 e. The number of aliphatic hydroxyl groups is 1. The summed E-state index contributed by atoms with van der Waals surface area (Å²) in [6.45, 7) is 8.71. The topological polar surface area (TPSA) is 82.0 Å². The summed E-state index contributed by atoms with van der Waals surface area (Å²) >= 11 is 0. The van der Waals surface area contributed by atoms with E-state index in [0.717, 1.165) is 5.56 Å². The van der Waals surface area contributed by atoms with Crippen molar-refractivity contribution < 1.29 is 19.7 Å². The zero-order valence-electron chi connectivity index (χ0n) is 14.4. The molecule has 0 aliphatic heterocycles. The van der Waals surface area contributed by atoms with Gasteiger partial charge in [-0.3, -0.25) is 0 Å². The second-order valence-corrected chi connectivity index (χ2v) is 6.58. The summed E-state index contributed by atoms with van der Waals surface area (Å²) < 4.78 is 5.34. The molecule has 23 heavy (non-hydrogen) atoms. The van der Waals surface area contributed by atoms with Gasteiger partial charge in [-0.1, -0.05) is 18.2 Å². The SMILES string of the molecule is CC(O)CN(CCNCc1ccccc1O)C(=O)OC(C)(C)C. The van der Waals surface area contributed by atoms with Crippen LogP contribution >= 0.6 is 0 Å². The molecule has 0 bridgehead atoms. The molecule has 1 atom stereocenters. The molecule has 1 unspecified atom stereocenters. The number of carbonyl (C=O) groups excluding carboxylic acids is 1. The highest BCUT2D eigenvalue weighted by atomic mass is 16.6. The van der Waals surface area contributed by atoms with Crippen LogP contribution in [-0.4, -0.2) is 52.5 Å². The van der Waals surface area contributed by atoms with E-state index < -0.39 is 17.8 Å². The number of phenolic OH excluding ortho intramolecular Hbond substituents is 1. The molecule has 0 aliphatic rings. The van der Waals surface area contributed by atoms with Crippen LogP contribution < -0.4 is 5.32 Å². The summed E-state index contributed by atoms with van der Waals surface area (Å²) in [7, 11) is 0. The van der Waals surface area contributed by atoms with Crippen LogP contribution in [-0.2, 0) is 11.3 Å². The minimum absolute atomic E-state index is 0.215. The van der Waals surface area contributed by atoms with E-state index in [4.69, 9.17) is 4.74 Å². The summed E-state index contributed by atoms with van der Waals surface area (Å²) in [6, 6.07) is 7.10. The number of amides is 1. The van der Waals surface area contributed by atoms with Gasteiger partial charge in [0.1, 0.15) is 11.4 Å². The number of aliphatic hydroxyl groups excluding tert-OH is 1.